The summed E-state index contributed by atoms with van der Waals surface area (Å²) in [4.78, 5) is 19.1. The largest absolute Gasteiger partial charge is 0.401 e. The zero-order valence-electron chi connectivity index (χ0n) is 8.84. The third-order valence-corrected chi connectivity index (χ3v) is 2.50. The molecule has 17 heavy (non-hydrogen) atoms. The van der Waals surface area contributed by atoms with Gasteiger partial charge in [0.1, 0.15) is 5.82 Å². The minimum Gasteiger partial charge on any atom is -0.324 e. The molecule has 0 unspecified atom stereocenters. The lowest BCUT2D eigenvalue weighted by atomic mass is 10.3. The standard InChI is InChI=1S/C9H11F3N4O/c10-9(11,12)4-16-2-5-6(3-16)14-7(1-13)15-8(5)17/h1-4,13H2,(H,14,15,17). The number of hydrogen-bond donors (Lipinski definition) is 2. The summed E-state index contributed by atoms with van der Waals surface area (Å²) in [5, 5.41) is 0. The summed E-state index contributed by atoms with van der Waals surface area (Å²) in [6.07, 6.45) is -4.27. The van der Waals surface area contributed by atoms with Crippen LogP contribution in [0.1, 0.15) is 17.1 Å². The van der Waals surface area contributed by atoms with Crippen LogP contribution in [0.5, 0.6) is 0 Å². The van der Waals surface area contributed by atoms with Crippen LogP contribution in [0.25, 0.3) is 0 Å². The molecule has 1 aliphatic rings. The van der Waals surface area contributed by atoms with Gasteiger partial charge in [0, 0.05) is 13.1 Å². The smallest absolute Gasteiger partial charge is 0.324 e. The molecule has 0 radical (unpaired) electrons. The third-order valence-electron chi connectivity index (χ3n) is 2.50. The highest BCUT2D eigenvalue weighted by molar-refractivity contribution is 5.22. The van der Waals surface area contributed by atoms with E-state index in [0.29, 0.717) is 17.1 Å². The van der Waals surface area contributed by atoms with Gasteiger partial charge in [-0.1, -0.05) is 0 Å². The van der Waals surface area contributed by atoms with Gasteiger partial charge in [-0.15, -0.1) is 0 Å². The minimum atomic E-state index is -4.27. The number of fused-ring (bicyclic) bond motifs is 1. The summed E-state index contributed by atoms with van der Waals surface area (Å²) < 4.78 is 36.6. The first-order valence-electron chi connectivity index (χ1n) is 4.99. The number of aromatic amines is 1. The van der Waals surface area contributed by atoms with Gasteiger partial charge in [-0.05, 0) is 0 Å². The van der Waals surface area contributed by atoms with Crippen molar-refractivity contribution < 1.29 is 13.2 Å². The highest BCUT2D eigenvalue weighted by atomic mass is 19.4. The van der Waals surface area contributed by atoms with E-state index in [1.54, 1.807) is 0 Å². The van der Waals surface area contributed by atoms with E-state index < -0.39 is 18.3 Å². The Labute approximate surface area is 94.4 Å². The molecule has 1 aromatic rings. The molecule has 0 fully saturated rings. The molecule has 2 rings (SSSR count). The van der Waals surface area contributed by atoms with Crippen molar-refractivity contribution >= 4 is 0 Å². The maximum Gasteiger partial charge on any atom is 0.401 e. The molecule has 0 spiro atoms. The van der Waals surface area contributed by atoms with E-state index in [-0.39, 0.29) is 19.6 Å². The fourth-order valence-corrected chi connectivity index (χ4v) is 1.84. The Hall–Kier alpha value is -1.41. The Balaban J connectivity index is 2.22. The van der Waals surface area contributed by atoms with E-state index in [4.69, 9.17) is 5.73 Å². The molecule has 1 aliphatic heterocycles. The Bertz CT molecular complexity index is 482. The third kappa shape index (κ3) is 2.64. The predicted octanol–water partition coefficient (Wildman–Crippen LogP) is 0.106. The van der Waals surface area contributed by atoms with Crippen LogP contribution < -0.4 is 11.3 Å². The lowest BCUT2D eigenvalue weighted by Gasteiger charge is -2.16. The molecule has 94 valence electrons. The Kier molecular flexibility index (Phi) is 2.92. The Morgan fingerprint density at radius 1 is 1.41 bits per heavy atom. The zero-order valence-corrected chi connectivity index (χ0v) is 8.84. The van der Waals surface area contributed by atoms with E-state index >= 15 is 0 Å². The van der Waals surface area contributed by atoms with Gasteiger partial charge in [0.05, 0.1) is 24.3 Å². The molecule has 0 saturated carbocycles. The van der Waals surface area contributed by atoms with Crippen LogP contribution in [0.15, 0.2) is 4.79 Å². The summed E-state index contributed by atoms with van der Waals surface area (Å²) >= 11 is 0. The van der Waals surface area contributed by atoms with Crippen LogP contribution in [-0.4, -0.2) is 27.6 Å². The summed E-state index contributed by atoms with van der Waals surface area (Å²) in [7, 11) is 0. The summed E-state index contributed by atoms with van der Waals surface area (Å²) in [6.45, 7) is -0.976. The number of H-pyrrole nitrogens is 1. The van der Waals surface area contributed by atoms with Gasteiger partial charge in [-0.2, -0.15) is 13.2 Å². The van der Waals surface area contributed by atoms with E-state index in [1.807, 2.05) is 0 Å². The van der Waals surface area contributed by atoms with Crippen molar-refractivity contribution in [1.29, 1.82) is 0 Å². The van der Waals surface area contributed by atoms with Crippen LogP contribution >= 0.6 is 0 Å². The molecule has 0 amide bonds. The fourth-order valence-electron chi connectivity index (χ4n) is 1.84. The fraction of sp³-hybridized carbons (Fsp3) is 0.556. The minimum absolute atomic E-state index is 0.0258. The van der Waals surface area contributed by atoms with Gasteiger partial charge in [-0.25, -0.2) is 4.98 Å². The van der Waals surface area contributed by atoms with Gasteiger partial charge in [-0.3, -0.25) is 9.69 Å². The van der Waals surface area contributed by atoms with Crippen LogP contribution in [-0.2, 0) is 19.6 Å². The summed E-state index contributed by atoms with van der Waals surface area (Å²) in [5.41, 5.74) is 5.61. The first-order valence-corrected chi connectivity index (χ1v) is 4.99. The molecule has 3 N–H and O–H groups in total. The predicted molar refractivity (Wildman–Crippen MR) is 52.9 cm³/mol. The van der Waals surface area contributed by atoms with Crippen molar-refractivity contribution in [3.63, 3.8) is 0 Å². The SMILES string of the molecule is NCc1nc2c(c(=O)[nH]1)CN(CC(F)(F)F)C2. The van der Waals surface area contributed by atoms with E-state index in [2.05, 4.69) is 9.97 Å². The average molecular weight is 248 g/mol. The molecule has 2 heterocycles. The zero-order chi connectivity index (χ0) is 12.6. The van der Waals surface area contributed by atoms with Gasteiger partial charge in [0.25, 0.3) is 5.56 Å². The van der Waals surface area contributed by atoms with Crippen LogP contribution in [0.3, 0.4) is 0 Å². The van der Waals surface area contributed by atoms with Gasteiger partial charge in [0.15, 0.2) is 0 Å². The number of alkyl halides is 3. The number of hydrogen-bond acceptors (Lipinski definition) is 4. The molecule has 0 aliphatic carbocycles. The van der Waals surface area contributed by atoms with Crippen molar-refractivity contribution in [3.8, 4) is 0 Å². The van der Waals surface area contributed by atoms with E-state index in [0.717, 1.165) is 4.90 Å². The molecule has 0 bridgehead atoms. The molecule has 8 heteroatoms. The quantitative estimate of drug-likeness (QED) is 0.778. The second-order valence-corrected chi connectivity index (χ2v) is 3.90. The number of nitrogens with zero attached hydrogens (tertiary/aromatic N) is 2. The molecule has 0 aromatic carbocycles. The number of nitrogens with one attached hydrogen (secondary N) is 1. The highest BCUT2D eigenvalue weighted by Gasteiger charge is 2.34. The molecule has 0 saturated heterocycles. The van der Waals surface area contributed by atoms with Gasteiger partial charge >= 0.3 is 6.18 Å². The number of nitrogens with two attached hydrogens (primary N) is 1. The monoisotopic (exact) mass is 248 g/mol. The molecular weight excluding hydrogens is 237 g/mol. The van der Waals surface area contributed by atoms with Crippen LogP contribution in [0.2, 0.25) is 0 Å². The lowest BCUT2D eigenvalue weighted by Crippen LogP contribution is -2.30. The highest BCUT2D eigenvalue weighted by Crippen LogP contribution is 2.23. The number of rotatable bonds is 2. The van der Waals surface area contributed by atoms with Crippen LogP contribution in [0, 0.1) is 0 Å². The van der Waals surface area contributed by atoms with E-state index in [9.17, 15) is 18.0 Å². The van der Waals surface area contributed by atoms with Crippen molar-refractivity contribution in [2.45, 2.75) is 25.8 Å². The van der Waals surface area contributed by atoms with E-state index in [1.165, 1.54) is 0 Å². The van der Waals surface area contributed by atoms with Gasteiger partial charge < -0.3 is 10.7 Å². The first kappa shape index (κ1) is 12.1. The number of aromatic nitrogens is 2. The van der Waals surface area contributed by atoms with Gasteiger partial charge in [0.2, 0.25) is 0 Å². The second kappa shape index (κ2) is 4.11. The average Bonchev–Trinajstić information content (AvgIpc) is 2.57. The lowest BCUT2D eigenvalue weighted by molar-refractivity contribution is -0.147. The van der Waals surface area contributed by atoms with Crippen molar-refractivity contribution in [2.24, 2.45) is 5.73 Å². The molecular formula is C9H11F3N4O. The first-order chi connectivity index (χ1) is 7.89. The van der Waals surface area contributed by atoms with Crippen LogP contribution in [0.4, 0.5) is 13.2 Å². The molecule has 1 aromatic heterocycles. The van der Waals surface area contributed by atoms with Crippen molar-refractivity contribution in [3.05, 3.63) is 27.4 Å². The maximum atomic E-state index is 12.2. The molecule has 5 nitrogen and oxygen atoms in total. The Morgan fingerprint density at radius 2 is 2.12 bits per heavy atom. The second-order valence-electron chi connectivity index (χ2n) is 3.90. The van der Waals surface area contributed by atoms with Crippen molar-refractivity contribution in [1.82, 2.24) is 14.9 Å². The summed E-state index contributed by atoms with van der Waals surface area (Å²) in [5.74, 6) is 0.294. The molecule has 0 atom stereocenters. The Morgan fingerprint density at radius 3 is 2.71 bits per heavy atom. The number of halogens is 3. The summed E-state index contributed by atoms with van der Waals surface area (Å²) in [6, 6.07) is 0. The topological polar surface area (TPSA) is 75.0 Å². The van der Waals surface area contributed by atoms with Crippen molar-refractivity contribution in [2.75, 3.05) is 6.54 Å². The normalized spacial score (nSPS) is 16.2. The maximum absolute atomic E-state index is 12.2.